The van der Waals surface area contributed by atoms with Crippen LogP contribution in [-0.2, 0) is 34.7 Å². The molecule has 0 aromatic heterocycles. The van der Waals surface area contributed by atoms with Crippen molar-refractivity contribution in [3.63, 3.8) is 0 Å². The van der Waals surface area contributed by atoms with E-state index >= 15 is 0 Å². The van der Waals surface area contributed by atoms with Crippen molar-refractivity contribution in [2.24, 2.45) is 0 Å². The van der Waals surface area contributed by atoms with Gasteiger partial charge < -0.3 is 9.84 Å². The molecule has 0 saturated heterocycles. The molecule has 0 aliphatic rings. The summed E-state index contributed by atoms with van der Waals surface area (Å²) in [6, 6.07) is 0. The van der Waals surface area contributed by atoms with Gasteiger partial charge in [0.25, 0.3) is 5.97 Å². The fraction of sp³-hybridized carbons (Fsp3) is 0.600. The summed E-state index contributed by atoms with van der Waals surface area (Å²) < 4.78 is 4.11. The summed E-state index contributed by atoms with van der Waals surface area (Å²) in [5.41, 5.74) is 0. The van der Waals surface area contributed by atoms with Crippen LogP contribution in [0.15, 0.2) is 0 Å². The minimum Gasteiger partial charge on any atom is -0.481 e. The van der Waals surface area contributed by atoms with Crippen LogP contribution in [0, 0.1) is 0 Å². The van der Waals surface area contributed by atoms with E-state index in [2.05, 4.69) is 4.74 Å². The van der Waals surface area contributed by atoms with E-state index in [0.29, 0.717) is 0 Å². The molecule has 5 heteroatoms. The number of carboxylic acids is 1. The van der Waals surface area contributed by atoms with Crippen LogP contribution in [0.4, 0.5) is 0 Å². The van der Waals surface area contributed by atoms with Crippen LogP contribution in [-0.4, -0.2) is 24.2 Å². The van der Waals surface area contributed by atoms with Crippen molar-refractivity contribution >= 4 is 11.9 Å². The van der Waals surface area contributed by atoms with Crippen LogP contribution >= 0.6 is 0 Å². The van der Waals surface area contributed by atoms with Crippen LogP contribution in [0.25, 0.3) is 0 Å². The monoisotopic (exact) mass is 240 g/mol. The maximum atomic E-state index is 9.59. The average Bonchev–Trinajstić information content (AvgIpc) is 1.65. The van der Waals surface area contributed by atoms with Gasteiger partial charge in [-0.25, -0.2) is 0 Å². The van der Waals surface area contributed by atoms with E-state index in [4.69, 9.17) is 9.90 Å². The number of rotatable bonds is 0. The Bertz CT molecular complexity index is 97.8. The molecule has 0 rings (SSSR count). The van der Waals surface area contributed by atoms with Crippen molar-refractivity contribution in [2.75, 3.05) is 7.11 Å². The van der Waals surface area contributed by atoms with Gasteiger partial charge in [0.15, 0.2) is 0 Å². The Balaban J connectivity index is -0.0000000910. The van der Waals surface area contributed by atoms with Gasteiger partial charge in [0.05, 0.1) is 7.11 Å². The van der Waals surface area contributed by atoms with Gasteiger partial charge in [-0.05, 0) is 0 Å². The second kappa shape index (κ2) is 11.4. The molecule has 0 amide bonds. The molecule has 0 aromatic rings. The first-order chi connectivity index (χ1) is 4.00. The Morgan fingerprint density at radius 1 is 1.30 bits per heavy atom. The zero-order valence-electron chi connectivity index (χ0n) is 5.99. The minimum atomic E-state index is -0.833. The Morgan fingerprint density at radius 2 is 1.40 bits per heavy atom. The average molecular weight is 241 g/mol. The van der Waals surface area contributed by atoms with Gasteiger partial charge in [-0.2, -0.15) is 0 Å². The molecule has 0 saturated carbocycles. The van der Waals surface area contributed by atoms with E-state index in [1.807, 2.05) is 0 Å². The molecule has 0 bridgehead atoms. The molecule has 0 radical (unpaired) electrons. The van der Waals surface area contributed by atoms with Crippen molar-refractivity contribution in [2.45, 2.75) is 13.8 Å². The van der Waals surface area contributed by atoms with Crippen molar-refractivity contribution in [3.8, 4) is 0 Å². The van der Waals surface area contributed by atoms with Crippen molar-refractivity contribution in [3.05, 3.63) is 0 Å². The number of hydrogen-bond acceptors (Lipinski definition) is 3. The molecule has 0 unspecified atom stereocenters. The first-order valence-corrected chi connectivity index (χ1v) is 2.24. The third-order valence-corrected chi connectivity index (χ3v) is 0.287. The first-order valence-electron chi connectivity index (χ1n) is 2.24. The zero-order chi connectivity index (χ0) is 7.86. The molecule has 1 N–H and O–H groups in total. The molecular formula is C5H10O4Pd. The summed E-state index contributed by atoms with van der Waals surface area (Å²) in [5.74, 6) is -1.08. The second-order valence-electron chi connectivity index (χ2n) is 1.21. The molecule has 0 aromatic carbocycles. The van der Waals surface area contributed by atoms with Crippen LogP contribution in [0.2, 0.25) is 0 Å². The quantitative estimate of drug-likeness (QED) is 0.488. The SMILES string of the molecule is CC(=O)O.COC(C)=O.[Pd]. The topological polar surface area (TPSA) is 63.6 Å². The van der Waals surface area contributed by atoms with Crippen molar-refractivity contribution in [1.82, 2.24) is 0 Å². The number of ether oxygens (including phenoxy) is 1. The van der Waals surface area contributed by atoms with Crippen LogP contribution < -0.4 is 0 Å². The van der Waals surface area contributed by atoms with Crippen LogP contribution in [0.3, 0.4) is 0 Å². The van der Waals surface area contributed by atoms with E-state index < -0.39 is 5.97 Å². The summed E-state index contributed by atoms with van der Waals surface area (Å²) >= 11 is 0. The second-order valence-corrected chi connectivity index (χ2v) is 1.21. The largest absolute Gasteiger partial charge is 0.481 e. The predicted octanol–water partition coefficient (Wildman–Crippen LogP) is 0.268. The van der Waals surface area contributed by atoms with E-state index in [0.717, 1.165) is 6.92 Å². The Morgan fingerprint density at radius 3 is 1.40 bits per heavy atom. The number of carboxylic acid groups (broad SMARTS) is 1. The van der Waals surface area contributed by atoms with Gasteiger partial charge in [0.1, 0.15) is 0 Å². The summed E-state index contributed by atoms with van der Waals surface area (Å²) in [6.07, 6.45) is 0. The normalized spacial score (nSPS) is 5.90. The number of carbonyl (C=O) groups excluding carboxylic acids is 1. The molecule has 10 heavy (non-hydrogen) atoms. The van der Waals surface area contributed by atoms with Gasteiger partial charge in [0, 0.05) is 34.3 Å². The van der Waals surface area contributed by atoms with Crippen molar-refractivity contribution < 1.29 is 39.9 Å². The molecule has 4 nitrogen and oxygen atoms in total. The number of carbonyl (C=O) groups is 2. The molecule has 0 spiro atoms. The van der Waals surface area contributed by atoms with Gasteiger partial charge in [-0.1, -0.05) is 0 Å². The van der Waals surface area contributed by atoms with E-state index in [9.17, 15) is 4.79 Å². The van der Waals surface area contributed by atoms with Gasteiger partial charge in [0.2, 0.25) is 0 Å². The zero-order valence-corrected chi connectivity index (χ0v) is 7.54. The van der Waals surface area contributed by atoms with Crippen LogP contribution in [0.1, 0.15) is 13.8 Å². The summed E-state index contributed by atoms with van der Waals surface area (Å²) in [7, 11) is 1.35. The molecule has 0 heterocycles. The van der Waals surface area contributed by atoms with Crippen LogP contribution in [0.5, 0.6) is 0 Å². The van der Waals surface area contributed by atoms with Gasteiger partial charge in [-0.15, -0.1) is 0 Å². The van der Waals surface area contributed by atoms with Gasteiger partial charge in [-0.3, -0.25) is 9.59 Å². The Labute approximate surface area is 73.2 Å². The Hall–Kier alpha value is -0.398. The summed E-state index contributed by atoms with van der Waals surface area (Å²) in [6.45, 7) is 2.44. The number of aliphatic carboxylic acids is 1. The van der Waals surface area contributed by atoms with E-state index in [1.165, 1.54) is 14.0 Å². The molecule has 64 valence electrons. The third kappa shape index (κ3) is 129. The molecule has 0 atom stereocenters. The minimum absolute atomic E-state index is 0. The standard InChI is InChI=1S/C3H6O2.C2H4O2.Pd/c1-3(4)5-2;1-2(3)4;/h1-2H3;1H3,(H,3,4);. The fourth-order valence-corrected chi connectivity index (χ4v) is 0. The summed E-state index contributed by atoms with van der Waals surface area (Å²) in [4.78, 5) is 18.6. The molecule has 0 fully saturated rings. The fourth-order valence-electron chi connectivity index (χ4n) is 0. The summed E-state index contributed by atoms with van der Waals surface area (Å²) in [5, 5.41) is 7.42. The Kier molecular flexibility index (Phi) is 18.6. The molecule has 0 aliphatic carbocycles. The number of esters is 1. The van der Waals surface area contributed by atoms with E-state index in [-0.39, 0.29) is 26.4 Å². The van der Waals surface area contributed by atoms with Gasteiger partial charge >= 0.3 is 5.97 Å². The smallest absolute Gasteiger partial charge is 0.302 e. The first kappa shape index (κ1) is 16.3. The van der Waals surface area contributed by atoms with E-state index in [1.54, 1.807) is 0 Å². The third-order valence-electron chi connectivity index (χ3n) is 0.287. The molecule has 0 aliphatic heterocycles. The number of methoxy groups -OCH3 is 1. The maximum Gasteiger partial charge on any atom is 0.302 e. The maximum absolute atomic E-state index is 9.59. The van der Waals surface area contributed by atoms with Crippen molar-refractivity contribution in [1.29, 1.82) is 0 Å². The molecular weight excluding hydrogens is 230 g/mol. The number of hydrogen-bond donors (Lipinski definition) is 1. The predicted molar refractivity (Wildman–Crippen MR) is 31.0 cm³/mol.